The summed E-state index contributed by atoms with van der Waals surface area (Å²) in [7, 11) is 3.99. The monoisotopic (exact) mass is 362 g/mol. The maximum absolute atomic E-state index is 10.5. The summed E-state index contributed by atoms with van der Waals surface area (Å²) < 4.78 is 7.59. The van der Waals surface area contributed by atoms with E-state index < -0.39 is 18.2 Å². The fourth-order valence-electron chi connectivity index (χ4n) is 2.56. The van der Waals surface area contributed by atoms with Crippen LogP contribution in [0.4, 0.5) is 5.82 Å². The minimum atomic E-state index is -0.987. The number of aryl methyl sites for hydroxylation is 1. The van der Waals surface area contributed by atoms with Crippen LogP contribution in [0.3, 0.4) is 0 Å². The Balaban J connectivity index is 2.18. The zero-order chi connectivity index (χ0) is 19.1. The highest BCUT2D eigenvalue weighted by atomic mass is 16.5. The smallest absolute Gasteiger partial charge is 0.148 e. The first-order valence-electron chi connectivity index (χ1n) is 8.94. The second-order valence-electron chi connectivity index (χ2n) is 6.63. The Kier molecular flexibility index (Phi) is 7.44. The number of nitrogens with one attached hydrogen (secondary N) is 1. The van der Waals surface area contributed by atoms with Crippen molar-refractivity contribution in [2.24, 2.45) is 0 Å². The molecule has 0 bridgehead atoms. The molecule has 3 N–H and O–H groups in total. The number of aliphatic hydroxyl groups is 2. The topological polar surface area (TPSA) is 82.8 Å². The zero-order valence-corrected chi connectivity index (χ0v) is 16.0. The van der Waals surface area contributed by atoms with Gasteiger partial charge in [0.05, 0.1) is 12.1 Å². The molecule has 0 aliphatic heterocycles. The molecule has 7 heteroatoms. The Morgan fingerprint density at radius 2 is 2.04 bits per heavy atom. The molecule has 2 rings (SSSR count). The van der Waals surface area contributed by atoms with Crippen LogP contribution in [0.2, 0.25) is 0 Å². The van der Waals surface area contributed by atoms with E-state index in [0.29, 0.717) is 12.4 Å². The van der Waals surface area contributed by atoms with Crippen LogP contribution in [0.25, 0.3) is 0 Å². The first kappa shape index (κ1) is 20.2. The van der Waals surface area contributed by atoms with Crippen molar-refractivity contribution in [3.8, 4) is 5.75 Å². The summed E-state index contributed by atoms with van der Waals surface area (Å²) in [5, 5.41) is 28.0. The van der Waals surface area contributed by atoms with Gasteiger partial charge in [-0.05, 0) is 45.6 Å². The summed E-state index contributed by atoms with van der Waals surface area (Å²) in [6.45, 7) is 5.74. The summed E-state index contributed by atoms with van der Waals surface area (Å²) in [4.78, 5) is 2.05. The highest BCUT2D eigenvalue weighted by molar-refractivity contribution is 5.40. The maximum atomic E-state index is 10.5. The summed E-state index contributed by atoms with van der Waals surface area (Å²) in [6.07, 6.45) is -0.00699. The Bertz CT molecular complexity index is 672. The lowest BCUT2D eigenvalue weighted by Gasteiger charge is -2.27. The fraction of sp³-hybridized carbons (Fsp3) is 0.526. The molecule has 0 aliphatic carbocycles. The van der Waals surface area contributed by atoms with Gasteiger partial charge in [-0.2, -0.15) is 5.10 Å². The third-order valence-electron chi connectivity index (χ3n) is 4.13. The molecule has 1 heterocycles. The van der Waals surface area contributed by atoms with Crippen molar-refractivity contribution >= 4 is 5.82 Å². The number of anilines is 1. The average Bonchev–Trinajstić information content (AvgIpc) is 3.06. The molecule has 0 saturated heterocycles. The zero-order valence-electron chi connectivity index (χ0n) is 16.0. The lowest BCUT2D eigenvalue weighted by Crippen LogP contribution is -2.34. The van der Waals surface area contributed by atoms with Crippen LogP contribution >= 0.6 is 0 Å². The molecule has 26 heavy (non-hydrogen) atoms. The maximum Gasteiger partial charge on any atom is 0.148 e. The molecule has 3 atom stereocenters. The van der Waals surface area contributed by atoms with Gasteiger partial charge < -0.3 is 25.2 Å². The molecule has 0 unspecified atom stereocenters. The molecule has 0 spiro atoms. The lowest BCUT2D eigenvalue weighted by molar-refractivity contribution is 0.0189. The SMILES string of the molecule is CCn1ccc(N[C@H](c2cccc(OCCN(C)C)c2)[C@H](O)[C@H](C)O)n1. The number of hydrogen-bond acceptors (Lipinski definition) is 6. The van der Waals surface area contributed by atoms with Crippen molar-refractivity contribution in [2.45, 2.75) is 38.6 Å². The predicted octanol–water partition coefficient (Wildman–Crippen LogP) is 1.74. The molecule has 0 aliphatic rings. The van der Waals surface area contributed by atoms with Crippen LogP contribution in [0, 0.1) is 0 Å². The van der Waals surface area contributed by atoms with E-state index in [2.05, 4.69) is 15.3 Å². The normalized spacial score (nSPS) is 14.9. The number of rotatable bonds is 10. The molecule has 1 aromatic heterocycles. The third-order valence-corrected chi connectivity index (χ3v) is 4.13. The van der Waals surface area contributed by atoms with Gasteiger partial charge in [-0.15, -0.1) is 0 Å². The van der Waals surface area contributed by atoms with E-state index in [1.165, 1.54) is 0 Å². The van der Waals surface area contributed by atoms with Gasteiger partial charge >= 0.3 is 0 Å². The van der Waals surface area contributed by atoms with Crippen LogP contribution < -0.4 is 10.1 Å². The van der Waals surface area contributed by atoms with Crippen molar-refractivity contribution in [3.63, 3.8) is 0 Å². The van der Waals surface area contributed by atoms with Gasteiger partial charge in [-0.1, -0.05) is 12.1 Å². The van der Waals surface area contributed by atoms with Gasteiger partial charge in [-0.3, -0.25) is 4.68 Å². The Morgan fingerprint density at radius 1 is 1.27 bits per heavy atom. The van der Waals surface area contributed by atoms with Gasteiger partial charge in [0.2, 0.25) is 0 Å². The molecule has 0 fully saturated rings. The Labute approximate surface area is 155 Å². The summed E-state index contributed by atoms with van der Waals surface area (Å²) >= 11 is 0. The molecular weight excluding hydrogens is 332 g/mol. The van der Waals surface area contributed by atoms with Gasteiger partial charge in [0.25, 0.3) is 0 Å². The van der Waals surface area contributed by atoms with Gasteiger partial charge in [-0.25, -0.2) is 0 Å². The largest absolute Gasteiger partial charge is 0.492 e. The predicted molar refractivity (Wildman–Crippen MR) is 102 cm³/mol. The first-order chi connectivity index (χ1) is 12.4. The second kappa shape index (κ2) is 9.56. The first-order valence-corrected chi connectivity index (χ1v) is 8.94. The number of ether oxygens (including phenoxy) is 1. The molecule has 7 nitrogen and oxygen atoms in total. The minimum Gasteiger partial charge on any atom is -0.492 e. The van der Waals surface area contributed by atoms with Crippen molar-refractivity contribution in [3.05, 3.63) is 42.1 Å². The third kappa shape index (κ3) is 5.72. The summed E-state index contributed by atoms with van der Waals surface area (Å²) in [5.74, 6) is 1.38. The number of nitrogens with zero attached hydrogens (tertiary/aromatic N) is 3. The molecule has 144 valence electrons. The second-order valence-corrected chi connectivity index (χ2v) is 6.63. The van der Waals surface area contributed by atoms with Gasteiger partial charge in [0, 0.05) is 25.4 Å². The highest BCUT2D eigenvalue weighted by Gasteiger charge is 2.26. The highest BCUT2D eigenvalue weighted by Crippen LogP contribution is 2.27. The van der Waals surface area contributed by atoms with Gasteiger partial charge in [0.1, 0.15) is 24.3 Å². The molecule has 1 aromatic carbocycles. The van der Waals surface area contributed by atoms with E-state index in [-0.39, 0.29) is 0 Å². The molecule has 2 aromatic rings. The van der Waals surface area contributed by atoms with Crippen molar-refractivity contribution in [1.82, 2.24) is 14.7 Å². The fourth-order valence-corrected chi connectivity index (χ4v) is 2.56. The number of aliphatic hydroxyl groups excluding tert-OH is 2. The number of aromatic nitrogens is 2. The average molecular weight is 362 g/mol. The molecule has 0 amide bonds. The summed E-state index contributed by atoms with van der Waals surface area (Å²) in [6, 6.07) is 8.90. The Hall–Kier alpha value is -2.09. The van der Waals surface area contributed by atoms with Crippen LogP contribution in [0.5, 0.6) is 5.75 Å². The Morgan fingerprint density at radius 3 is 2.65 bits per heavy atom. The minimum absolute atomic E-state index is 0.507. The number of hydrogen-bond donors (Lipinski definition) is 3. The molecule has 0 saturated carbocycles. The van der Waals surface area contributed by atoms with Crippen molar-refractivity contribution in [2.75, 3.05) is 32.6 Å². The molecule has 0 radical (unpaired) electrons. The van der Waals surface area contributed by atoms with E-state index in [0.717, 1.165) is 24.4 Å². The van der Waals surface area contributed by atoms with E-state index in [1.54, 1.807) is 11.6 Å². The quantitative estimate of drug-likeness (QED) is 0.597. The van der Waals surface area contributed by atoms with Crippen LogP contribution in [-0.4, -0.2) is 64.3 Å². The lowest BCUT2D eigenvalue weighted by atomic mass is 9.98. The van der Waals surface area contributed by atoms with Crippen molar-refractivity contribution in [1.29, 1.82) is 0 Å². The van der Waals surface area contributed by atoms with E-state index in [1.807, 2.05) is 57.5 Å². The summed E-state index contributed by atoms with van der Waals surface area (Å²) in [5.41, 5.74) is 0.826. The van der Waals surface area contributed by atoms with E-state index >= 15 is 0 Å². The van der Waals surface area contributed by atoms with Gasteiger partial charge in [0.15, 0.2) is 0 Å². The number of likely N-dealkylation sites (N-methyl/N-ethyl adjacent to an activating group) is 1. The van der Waals surface area contributed by atoms with Crippen LogP contribution in [0.15, 0.2) is 36.5 Å². The van der Waals surface area contributed by atoms with Crippen LogP contribution in [-0.2, 0) is 6.54 Å². The molecular formula is C19H30N4O3. The number of benzene rings is 1. The standard InChI is InChI=1S/C19H30N4O3/c1-5-23-10-9-17(21-23)20-18(19(25)14(2)24)15-7-6-8-16(13-15)26-12-11-22(3)4/h6-10,13-14,18-19,24-25H,5,11-12H2,1-4H3,(H,20,21)/t14-,18+,19+/m0/s1. The van der Waals surface area contributed by atoms with Crippen LogP contribution in [0.1, 0.15) is 25.5 Å². The van der Waals surface area contributed by atoms with E-state index in [9.17, 15) is 10.2 Å². The van der Waals surface area contributed by atoms with E-state index in [4.69, 9.17) is 4.74 Å². The van der Waals surface area contributed by atoms with Crippen molar-refractivity contribution < 1.29 is 14.9 Å².